The van der Waals surface area contributed by atoms with E-state index in [1.165, 1.54) is 32.1 Å². The Morgan fingerprint density at radius 2 is 1.35 bits per heavy atom. The number of hydrogen-bond acceptors (Lipinski definition) is 5. The highest BCUT2D eigenvalue weighted by Gasteiger charge is 2.36. The maximum absolute atomic E-state index is 5.99. The molecule has 0 N–H and O–H groups in total. The molecule has 0 atom stereocenters. The van der Waals surface area contributed by atoms with Crippen LogP contribution in [0.5, 0.6) is 0 Å². The highest BCUT2D eigenvalue weighted by atomic mass is 17.3. The first-order chi connectivity index (χ1) is 15.2. The Hall–Kier alpha value is -1.24. The van der Waals surface area contributed by atoms with Crippen LogP contribution >= 0.6 is 0 Å². The predicted octanol–water partition coefficient (Wildman–Crippen LogP) is 7.40. The molecule has 0 aromatic heterocycles. The second kappa shape index (κ2) is 18.3. The molecule has 0 radical (unpaired) electrons. The van der Waals surface area contributed by atoms with Gasteiger partial charge in [0.05, 0.1) is 19.8 Å². The van der Waals surface area contributed by atoms with Crippen molar-refractivity contribution in [1.29, 1.82) is 0 Å². The molecule has 31 heavy (non-hydrogen) atoms. The number of hydrogen-bond donors (Lipinski definition) is 0. The van der Waals surface area contributed by atoms with Crippen LogP contribution in [0.4, 0.5) is 0 Å². The van der Waals surface area contributed by atoms with Crippen LogP contribution in [0.2, 0.25) is 0 Å². The minimum Gasteiger partial charge on any atom is -0.371 e. The van der Waals surface area contributed by atoms with Crippen LogP contribution in [0.25, 0.3) is 6.08 Å². The fourth-order valence-corrected chi connectivity index (χ4v) is 3.11. The van der Waals surface area contributed by atoms with E-state index < -0.39 is 5.79 Å². The monoisotopic (exact) mass is 436 g/mol. The van der Waals surface area contributed by atoms with E-state index in [1.54, 1.807) is 0 Å². The van der Waals surface area contributed by atoms with Gasteiger partial charge in [-0.2, -0.15) is 9.78 Å². The Bertz CT molecular complexity index is 533. The second-order valence-corrected chi connectivity index (χ2v) is 8.03. The molecule has 0 aliphatic carbocycles. The average molecular weight is 437 g/mol. The third kappa shape index (κ3) is 13.0. The Morgan fingerprint density at radius 1 is 0.774 bits per heavy atom. The molecule has 0 heterocycles. The number of unbranched alkanes of at least 4 members (excludes halogenated alkanes) is 6. The van der Waals surface area contributed by atoms with E-state index in [9.17, 15) is 0 Å². The quantitative estimate of drug-likeness (QED) is 0.0869. The minimum absolute atomic E-state index is 0.236. The fourth-order valence-electron chi connectivity index (χ4n) is 3.11. The van der Waals surface area contributed by atoms with E-state index in [0.29, 0.717) is 26.2 Å². The fraction of sp³-hybridized carbons (Fsp3) is 0.692. The van der Waals surface area contributed by atoms with Gasteiger partial charge < -0.3 is 4.74 Å². The van der Waals surface area contributed by atoms with E-state index in [-0.39, 0.29) is 6.61 Å². The summed E-state index contributed by atoms with van der Waals surface area (Å²) in [5.74, 6) is -1.06. The van der Waals surface area contributed by atoms with Gasteiger partial charge in [-0.25, -0.2) is 9.78 Å². The average Bonchev–Trinajstić information content (AvgIpc) is 2.79. The highest BCUT2D eigenvalue weighted by Crippen LogP contribution is 2.25. The first-order valence-electron chi connectivity index (χ1n) is 12.1. The van der Waals surface area contributed by atoms with Crippen LogP contribution in [0.15, 0.2) is 30.8 Å². The zero-order valence-electron chi connectivity index (χ0n) is 20.0. The third-order valence-corrected chi connectivity index (χ3v) is 4.96. The summed E-state index contributed by atoms with van der Waals surface area (Å²) in [6.45, 7) is 11.8. The Kier molecular flexibility index (Phi) is 16.4. The van der Waals surface area contributed by atoms with E-state index >= 15 is 0 Å². The molecule has 0 saturated carbocycles. The summed E-state index contributed by atoms with van der Waals surface area (Å²) >= 11 is 0. The van der Waals surface area contributed by atoms with Gasteiger partial charge in [0.25, 0.3) is 5.79 Å². The summed E-state index contributed by atoms with van der Waals surface area (Å²) in [4.78, 5) is 22.4. The largest absolute Gasteiger partial charge is 0.371 e. The predicted molar refractivity (Wildman–Crippen MR) is 126 cm³/mol. The maximum Gasteiger partial charge on any atom is 0.256 e. The van der Waals surface area contributed by atoms with Gasteiger partial charge in [0.2, 0.25) is 0 Å². The van der Waals surface area contributed by atoms with E-state index in [4.69, 9.17) is 24.3 Å². The van der Waals surface area contributed by atoms with Gasteiger partial charge >= 0.3 is 0 Å². The molecular weight excluding hydrogens is 392 g/mol. The molecule has 0 unspecified atom stereocenters. The first kappa shape index (κ1) is 27.8. The van der Waals surface area contributed by atoms with Crippen molar-refractivity contribution in [2.75, 3.05) is 19.8 Å². The second-order valence-electron chi connectivity index (χ2n) is 8.03. The number of benzene rings is 1. The molecule has 178 valence electrons. The minimum atomic E-state index is -1.06. The van der Waals surface area contributed by atoms with Crippen LogP contribution in [-0.2, 0) is 30.9 Å². The summed E-state index contributed by atoms with van der Waals surface area (Å²) in [6.07, 6.45) is 12.7. The molecular formula is C26H44O5. The van der Waals surface area contributed by atoms with Crippen molar-refractivity contribution in [2.45, 2.75) is 97.4 Å². The van der Waals surface area contributed by atoms with Crippen LogP contribution in [0.3, 0.4) is 0 Å². The Labute approximate surface area is 189 Å². The van der Waals surface area contributed by atoms with Crippen molar-refractivity contribution in [3.05, 3.63) is 42.0 Å². The SMILES string of the molecule is C=Cc1ccc(COCC(CCCCCCCCC)(OOCCC)OOCCC)cc1. The summed E-state index contributed by atoms with van der Waals surface area (Å²) in [6, 6.07) is 8.13. The van der Waals surface area contributed by atoms with Gasteiger partial charge in [0.1, 0.15) is 6.61 Å². The van der Waals surface area contributed by atoms with Crippen molar-refractivity contribution in [3.8, 4) is 0 Å². The lowest BCUT2D eigenvalue weighted by molar-refractivity contribution is -0.519. The van der Waals surface area contributed by atoms with Crippen molar-refractivity contribution in [1.82, 2.24) is 0 Å². The van der Waals surface area contributed by atoms with Crippen molar-refractivity contribution < 1.29 is 24.3 Å². The molecule has 0 aliphatic heterocycles. The van der Waals surface area contributed by atoms with Crippen LogP contribution < -0.4 is 0 Å². The Morgan fingerprint density at radius 3 is 1.90 bits per heavy atom. The van der Waals surface area contributed by atoms with Gasteiger partial charge in [-0.1, -0.05) is 96.2 Å². The summed E-state index contributed by atoms with van der Waals surface area (Å²) in [5, 5.41) is 0. The van der Waals surface area contributed by atoms with Crippen molar-refractivity contribution in [2.24, 2.45) is 0 Å². The van der Waals surface area contributed by atoms with E-state index in [1.807, 2.05) is 44.2 Å². The van der Waals surface area contributed by atoms with Crippen molar-refractivity contribution in [3.63, 3.8) is 0 Å². The lowest BCUT2D eigenvalue weighted by Gasteiger charge is -2.30. The molecule has 0 bridgehead atoms. The van der Waals surface area contributed by atoms with Gasteiger partial charge in [0.15, 0.2) is 0 Å². The van der Waals surface area contributed by atoms with Gasteiger partial charge in [-0.3, -0.25) is 0 Å². The maximum atomic E-state index is 5.99. The number of rotatable bonds is 21. The van der Waals surface area contributed by atoms with Gasteiger partial charge in [0, 0.05) is 6.42 Å². The lowest BCUT2D eigenvalue weighted by atomic mass is 10.0. The zero-order chi connectivity index (χ0) is 22.6. The molecule has 0 saturated heterocycles. The normalized spacial score (nSPS) is 11.7. The molecule has 0 amide bonds. The molecule has 1 rings (SSSR count). The number of ether oxygens (including phenoxy) is 1. The lowest BCUT2D eigenvalue weighted by Crippen LogP contribution is -2.41. The standard InChI is InChI=1S/C26H44O5/c1-5-9-10-11-12-13-14-19-26(30-28-20-6-2,31-29-21-7-3)23-27-22-25-17-15-24(8-4)16-18-25/h8,15-18H,4-7,9-14,19-23H2,1-3H3. The third-order valence-electron chi connectivity index (χ3n) is 4.96. The van der Waals surface area contributed by atoms with Crippen molar-refractivity contribution >= 4 is 6.08 Å². The van der Waals surface area contributed by atoms with E-state index in [0.717, 1.165) is 36.8 Å². The van der Waals surface area contributed by atoms with E-state index in [2.05, 4.69) is 13.5 Å². The molecule has 5 heteroatoms. The first-order valence-corrected chi connectivity index (χ1v) is 12.1. The topological polar surface area (TPSA) is 46.2 Å². The van der Waals surface area contributed by atoms with Gasteiger partial charge in [-0.05, 0) is 30.4 Å². The molecule has 1 aromatic rings. The van der Waals surface area contributed by atoms with Gasteiger partial charge in [-0.15, -0.1) is 0 Å². The summed E-state index contributed by atoms with van der Waals surface area (Å²) < 4.78 is 5.99. The van der Waals surface area contributed by atoms with Crippen LogP contribution in [0, 0.1) is 0 Å². The zero-order valence-corrected chi connectivity index (χ0v) is 20.0. The molecule has 0 spiro atoms. The summed E-state index contributed by atoms with van der Waals surface area (Å²) in [7, 11) is 0. The Balaban J connectivity index is 2.64. The highest BCUT2D eigenvalue weighted by molar-refractivity contribution is 5.47. The molecule has 5 nitrogen and oxygen atoms in total. The molecule has 0 aliphatic rings. The smallest absolute Gasteiger partial charge is 0.256 e. The molecule has 0 fully saturated rings. The van der Waals surface area contributed by atoms with Crippen LogP contribution in [-0.4, -0.2) is 25.6 Å². The molecule has 1 aromatic carbocycles. The summed E-state index contributed by atoms with van der Waals surface area (Å²) in [5.41, 5.74) is 2.17. The van der Waals surface area contributed by atoms with Crippen LogP contribution in [0.1, 0.15) is 96.1 Å².